The van der Waals surface area contributed by atoms with Crippen LogP contribution >= 0.6 is 0 Å². The van der Waals surface area contributed by atoms with Crippen molar-refractivity contribution in [1.29, 1.82) is 5.26 Å². The van der Waals surface area contributed by atoms with Gasteiger partial charge in [0.25, 0.3) is 5.91 Å². The first-order valence-electron chi connectivity index (χ1n) is 10.5. The first-order chi connectivity index (χ1) is 15.0. The topological polar surface area (TPSA) is 102 Å². The number of nitrogens with one attached hydrogen (secondary N) is 2. The molecule has 1 aromatic carbocycles. The number of nitriles is 1. The highest BCUT2D eigenvalue weighted by atomic mass is 16.2. The van der Waals surface area contributed by atoms with Crippen molar-refractivity contribution in [3.63, 3.8) is 0 Å². The fourth-order valence-electron chi connectivity index (χ4n) is 4.17. The number of rotatable bonds is 5. The van der Waals surface area contributed by atoms with Gasteiger partial charge in [0.1, 0.15) is 11.6 Å². The molecule has 0 aliphatic heterocycles. The average Bonchev–Trinajstić information content (AvgIpc) is 3.44. The van der Waals surface area contributed by atoms with Crippen LogP contribution in [-0.4, -0.2) is 45.8 Å². The van der Waals surface area contributed by atoms with Crippen LogP contribution in [0.4, 0.5) is 0 Å². The van der Waals surface area contributed by atoms with E-state index in [0.717, 1.165) is 36.0 Å². The summed E-state index contributed by atoms with van der Waals surface area (Å²) in [5.74, 6) is 0.0309. The quantitative estimate of drug-likeness (QED) is 0.664. The molecule has 2 N–H and O–H groups in total. The molecule has 2 aromatic heterocycles. The lowest BCUT2D eigenvalue weighted by molar-refractivity contribution is -0.121. The molecule has 0 unspecified atom stereocenters. The van der Waals surface area contributed by atoms with Crippen LogP contribution in [-0.2, 0) is 4.79 Å². The molecule has 2 amide bonds. The van der Waals surface area contributed by atoms with Crippen LogP contribution in [0.1, 0.15) is 48.5 Å². The van der Waals surface area contributed by atoms with Crippen molar-refractivity contribution in [3.8, 4) is 17.3 Å². The van der Waals surface area contributed by atoms with E-state index in [4.69, 9.17) is 0 Å². The normalized spacial score (nSPS) is 18.0. The number of carbonyl (C=O) groups excluding carboxylic acids is 2. The van der Waals surface area contributed by atoms with Crippen molar-refractivity contribution in [2.45, 2.75) is 44.7 Å². The Morgan fingerprint density at radius 1 is 1.23 bits per heavy atom. The molecule has 2 atom stereocenters. The van der Waals surface area contributed by atoms with E-state index in [1.54, 1.807) is 11.1 Å². The highest BCUT2D eigenvalue weighted by Gasteiger charge is 2.30. The van der Waals surface area contributed by atoms with Gasteiger partial charge in [0, 0.05) is 42.9 Å². The SMILES string of the molecule is CCC(=O)N[C@H]1CC[C@@H](N(C)C(=O)c2ccc(-c3ccc4[nH]cc(C#N)c4n3)cc2)C1. The average molecular weight is 415 g/mol. The summed E-state index contributed by atoms with van der Waals surface area (Å²) in [6.07, 6.45) is 4.70. The predicted octanol–water partition coefficient (Wildman–Crippen LogP) is 3.62. The Kier molecular flexibility index (Phi) is 5.72. The summed E-state index contributed by atoms with van der Waals surface area (Å²) in [6, 6.07) is 13.6. The van der Waals surface area contributed by atoms with Crippen LogP contribution in [0.3, 0.4) is 0 Å². The molecule has 0 saturated heterocycles. The zero-order valence-electron chi connectivity index (χ0n) is 17.7. The Labute approximate surface area is 181 Å². The van der Waals surface area contributed by atoms with Crippen molar-refractivity contribution in [3.05, 3.63) is 53.7 Å². The number of H-pyrrole nitrogens is 1. The molecule has 2 heterocycles. The second-order valence-corrected chi connectivity index (χ2v) is 7.99. The van der Waals surface area contributed by atoms with Gasteiger partial charge < -0.3 is 15.2 Å². The van der Waals surface area contributed by atoms with Crippen LogP contribution in [0.25, 0.3) is 22.3 Å². The molecule has 1 fully saturated rings. The van der Waals surface area contributed by atoms with Crippen molar-refractivity contribution in [2.75, 3.05) is 7.05 Å². The lowest BCUT2D eigenvalue weighted by Gasteiger charge is -2.25. The number of amides is 2. The monoisotopic (exact) mass is 415 g/mol. The number of benzene rings is 1. The number of hydrogen-bond acceptors (Lipinski definition) is 4. The summed E-state index contributed by atoms with van der Waals surface area (Å²) in [4.78, 5) is 34.0. The molecule has 0 spiro atoms. The van der Waals surface area contributed by atoms with Gasteiger partial charge in [-0.1, -0.05) is 19.1 Å². The van der Waals surface area contributed by atoms with Crippen LogP contribution < -0.4 is 5.32 Å². The lowest BCUT2D eigenvalue weighted by atomic mass is 10.1. The van der Waals surface area contributed by atoms with E-state index in [9.17, 15) is 14.9 Å². The molecular formula is C24H25N5O2. The van der Waals surface area contributed by atoms with Crippen molar-refractivity contribution < 1.29 is 9.59 Å². The van der Waals surface area contributed by atoms with Gasteiger partial charge in [0.15, 0.2) is 0 Å². The Morgan fingerprint density at radius 2 is 2.00 bits per heavy atom. The maximum atomic E-state index is 13.0. The number of aromatic amines is 1. The highest BCUT2D eigenvalue weighted by molar-refractivity contribution is 5.95. The molecule has 7 nitrogen and oxygen atoms in total. The van der Waals surface area contributed by atoms with Gasteiger partial charge in [0.2, 0.25) is 5.91 Å². The maximum Gasteiger partial charge on any atom is 0.253 e. The van der Waals surface area contributed by atoms with Gasteiger partial charge in [-0.2, -0.15) is 5.26 Å². The van der Waals surface area contributed by atoms with Crippen LogP contribution in [0.5, 0.6) is 0 Å². The van der Waals surface area contributed by atoms with E-state index in [1.165, 1.54) is 0 Å². The molecule has 0 bridgehead atoms. The summed E-state index contributed by atoms with van der Waals surface area (Å²) < 4.78 is 0. The van der Waals surface area contributed by atoms with E-state index in [0.29, 0.717) is 23.1 Å². The summed E-state index contributed by atoms with van der Waals surface area (Å²) in [5, 5.41) is 12.3. The third-order valence-corrected chi connectivity index (χ3v) is 6.03. The Balaban J connectivity index is 1.46. The molecule has 1 aliphatic rings. The number of fused-ring (bicyclic) bond motifs is 1. The third-order valence-electron chi connectivity index (χ3n) is 6.03. The second kappa shape index (κ2) is 8.60. The molecule has 1 saturated carbocycles. The Morgan fingerprint density at radius 3 is 2.71 bits per heavy atom. The van der Waals surface area contributed by atoms with E-state index >= 15 is 0 Å². The largest absolute Gasteiger partial charge is 0.359 e. The lowest BCUT2D eigenvalue weighted by Crippen LogP contribution is -2.38. The molecule has 0 radical (unpaired) electrons. The van der Waals surface area contributed by atoms with Gasteiger partial charge >= 0.3 is 0 Å². The number of hydrogen-bond donors (Lipinski definition) is 2. The number of pyridine rings is 1. The minimum Gasteiger partial charge on any atom is -0.359 e. The van der Waals surface area contributed by atoms with Crippen LogP contribution in [0.2, 0.25) is 0 Å². The number of aromatic nitrogens is 2. The smallest absolute Gasteiger partial charge is 0.253 e. The third kappa shape index (κ3) is 4.15. The molecule has 1 aliphatic carbocycles. The van der Waals surface area contributed by atoms with Crippen molar-refractivity contribution in [2.24, 2.45) is 0 Å². The summed E-state index contributed by atoms with van der Waals surface area (Å²) in [5.41, 5.74) is 4.23. The standard InChI is InChI=1S/C24H25N5O2/c1-3-22(30)27-18-8-9-19(12-18)29(2)24(31)16-6-4-15(5-7-16)20-10-11-21-23(28-20)17(13-25)14-26-21/h4-7,10-11,14,18-19,26H,3,8-9,12H2,1-2H3,(H,27,30)/t18-,19+/m0/s1. The predicted molar refractivity (Wildman–Crippen MR) is 118 cm³/mol. The van der Waals surface area contributed by atoms with E-state index in [2.05, 4.69) is 21.4 Å². The number of carbonyl (C=O) groups is 2. The number of nitrogens with zero attached hydrogens (tertiary/aromatic N) is 3. The molecule has 4 rings (SSSR count). The van der Waals surface area contributed by atoms with Gasteiger partial charge in [-0.25, -0.2) is 4.98 Å². The Bertz CT molecular complexity index is 1160. The molecular weight excluding hydrogens is 390 g/mol. The van der Waals surface area contributed by atoms with Crippen LogP contribution in [0.15, 0.2) is 42.6 Å². The second-order valence-electron chi connectivity index (χ2n) is 7.99. The first-order valence-corrected chi connectivity index (χ1v) is 10.5. The zero-order valence-corrected chi connectivity index (χ0v) is 17.7. The highest BCUT2D eigenvalue weighted by Crippen LogP contribution is 2.26. The van der Waals surface area contributed by atoms with Gasteiger partial charge in [0.05, 0.1) is 16.8 Å². The summed E-state index contributed by atoms with van der Waals surface area (Å²) in [6.45, 7) is 1.84. The fourth-order valence-corrected chi connectivity index (χ4v) is 4.17. The van der Waals surface area contributed by atoms with Crippen molar-refractivity contribution in [1.82, 2.24) is 20.2 Å². The summed E-state index contributed by atoms with van der Waals surface area (Å²) in [7, 11) is 1.83. The molecule has 31 heavy (non-hydrogen) atoms. The van der Waals surface area contributed by atoms with E-state index in [-0.39, 0.29) is 23.9 Å². The Hall–Kier alpha value is -3.66. The minimum absolute atomic E-state index is 0.0279. The minimum atomic E-state index is -0.0279. The van der Waals surface area contributed by atoms with Crippen molar-refractivity contribution >= 4 is 22.8 Å². The van der Waals surface area contributed by atoms with Gasteiger partial charge in [-0.15, -0.1) is 0 Å². The molecule has 7 heteroatoms. The van der Waals surface area contributed by atoms with Crippen LogP contribution in [0, 0.1) is 11.3 Å². The molecule has 3 aromatic rings. The van der Waals surface area contributed by atoms with E-state index < -0.39 is 0 Å². The molecule has 158 valence electrons. The fraction of sp³-hybridized carbons (Fsp3) is 0.333. The first kappa shape index (κ1) is 20.6. The van der Waals surface area contributed by atoms with Gasteiger partial charge in [-0.3, -0.25) is 9.59 Å². The maximum absolute atomic E-state index is 13.0. The summed E-state index contributed by atoms with van der Waals surface area (Å²) >= 11 is 0. The zero-order chi connectivity index (χ0) is 22.0. The van der Waals surface area contributed by atoms with E-state index in [1.807, 2.05) is 50.4 Å². The van der Waals surface area contributed by atoms with Gasteiger partial charge in [-0.05, 0) is 43.5 Å².